The van der Waals surface area contributed by atoms with E-state index in [1.54, 1.807) is 32.0 Å². The van der Waals surface area contributed by atoms with E-state index in [0.717, 1.165) is 0 Å². The molecule has 0 aromatic heterocycles. The van der Waals surface area contributed by atoms with Crippen molar-refractivity contribution in [2.24, 2.45) is 0 Å². The fraction of sp³-hybridized carbons (Fsp3) is 0.294. The lowest BCUT2D eigenvalue weighted by atomic mass is 10.1. The van der Waals surface area contributed by atoms with Gasteiger partial charge in [0, 0.05) is 29.7 Å². The molecular weight excluding hydrogens is 284 g/mol. The summed E-state index contributed by atoms with van der Waals surface area (Å²) >= 11 is 0. The first kappa shape index (κ1) is 15.8. The lowest BCUT2D eigenvalue weighted by Gasteiger charge is -2.15. The Labute approximate surface area is 128 Å². The van der Waals surface area contributed by atoms with Gasteiger partial charge in [0.25, 0.3) is 0 Å². The highest BCUT2D eigenvalue weighted by atomic mass is 16.6. The van der Waals surface area contributed by atoms with Gasteiger partial charge in [-0.05, 0) is 0 Å². The van der Waals surface area contributed by atoms with Crippen LogP contribution in [0.25, 0.3) is 10.8 Å². The van der Waals surface area contributed by atoms with E-state index in [9.17, 15) is 9.59 Å². The molecule has 2 aromatic carbocycles. The molecule has 0 amide bonds. The zero-order valence-electron chi connectivity index (χ0n) is 12.8. The quantitative estimate of drug-likeness (QED) is 0.625. The molecule has 0 aliphatic heterocycles. The summed E-state index contributed by atoms with van der Waals surface area (Å²) in [4.78, 5) is 23.2. The molecule has 0 aliphatic carbocycles. The summed E-state index contributed by atoms with van der Waals surface area (Å²) in [6.45, 7) is 3.44. The molecule has 5 nitrogen and oxygen atoms in total. The Morgan fingerprint density at radius 1 is 0.909 bits per heavy atom. The zero-order chi connectivity index (χ0) is 16.1. The first-order chi connectivity index (χ1) is 10.6. The lowest BCUT2D eigenvalue weighted by molar-refractivity contribution is -0.135. The van der Waals surface area contributed by atoms with Crippen LogP contribution in [0.4, 0.5) is 0 Å². The van der Waals surface area contributed by atoms with Crippen LogP contribution >= 0.6 is 0 Å². The Balaban J connectivity index is 2.62. The van der Waals surface area contributed by atoms with Crippen molar-refractivity contribution in [1.82, 2.24) is 0 Å². The van der Waals surface area contributed by atoms with Crippen molar-refractivity contribution < 1.29 is 23.8 Å². The van der Waals surface area contributed by atoms with E-state index in [-0.39, 0.29) is 24.8 Å². The van der Waals surface area contributed by atoms with Gasteiger partial charge in [-0.25, -0.2) is 0 Å². The Bertz CT molecular complexity index is 706. The molecule has 0 spiro atoms. The third kappa shape index (κ3) is 3.19. The van der Waals surface area contributed by atoms with Crippen LogP contribution in [0.2, 0.25) is 0 Å². The first-order valence-electron chi connectivity index (χ1n) is 7.11. The molecule has 0 bridgehead atoms. The van der Waals surface area contributed by atoms with Crippen LogP contribution in [-0.4, -0.2) is 19.0 Å². The molecular formula is C17H18O5. The van der Waals surface area contributed by atoms with Gasteiger partial charge in [0.15, 0.2) is 11.5 Å². The topological polar surface area (TPSA) is 61.8 Å². The minimum absolute atomic E-state index is 0.254. The molecule has 2 rings (SSSR count). The summed E-state index contributed by atoms with van der Waals surface area (Å²) in [5.41, 5.74) is 0. The van der Waals surface area contributed by atoms with Gasteiger partial charge in [-0.2, -0.15) is 0 Å². The van der Waals surface area contributed by atoms with Gasteiger partial charge in [0.2, 0.25) is 0 Å². The minimum Gasteiger partial charge on any atom is -0.493 e. The van der Waals surface area contributed by atoms with Crippen LogP contribution in [0.1, 0.15) is 26.7 Å². The van der Waals surface area contributed by atoms with Crippen molar-refractivity contribution in [1.29, 1.82) is 0 Å². The molecule has 22 heavy (non-hydrogen) atoms. The molecule has 116 valence electrons. The third-order valence-corrected chi connectivity index (χ3v) is 3.16. The summed E-state index contributed by atoms with van der Waals surface area (Å²) in [5, 5.41) is 1.34. The third-order valence-electron chi connectivity index (χ3n) is 3.16. The molecule has 0 unspecified atom stereocenters. The van der Waals surface area contributed by atoms with Crippen LogP contribution in [0.15, 0.2) is 30.3 Å². The number of methoxy groups -OCH3 is 1. The Morgan fingerprint density at radius 2 is 1.50 bits per heavy atom. The van der Waals surface area contributed by atoms with Crippen molar-refractivity contribution in [3.05, 3.63) is 30.3 Å². The maximum atomic E-state index is 11.6. The Morgan fingerprint density at radius 3 is 2.09 bits per heavy atom. The van der Waals surface area contributed by atoms with E-state index in [0.29, 0.717) is 28.0 Å². The van der Waals surface area contributed by atoms with Crippen molar-refractivity contribution >= 4 is 22.7 Å². The van der Waals surface area contributed by atoms with Gasteiger partial charge in [0.1, 0.15) is 5.75 Å². The number of rotatable bonds is 5. The number of carbonyl (C=O) groups excluding carboxylic acids is 2. The van der Waals surface area contributed by atoms with Gasteiger partial charge in [-0.1, -0.05) is 38.1 Å². The van der Waals surface area contributed by atoms with E-state index in [2.05, 4.69) is 0 Å². The maximum Gasteiger partial charge on any atom is 0.311 e. The number of hydrogen-bond donors (Lipinski definition) is 0. The Hall–Kier alpha value is -2.56. The summed E-state index contributed by atoms with van der Waals surface area (Å²) in [7, 11) is 1.47. The van der Waals surface area contributed by atoms with E-state index < -0.39 is 0 Å². The minimum atomic E-state index is -0.359. The smallest absolute Gasteiger partial charge is 0.311 e. The van der Waals surface area contributed by atoms with Gasteiger partial charge in [0.05, 0.1) is 7.11 Å². The average Bonchev–Trinajstić information content (AvgIpc) is 2.56. The molecule has 0 N–H and O–H groups in total. The molecule has 0 fully saturated rings. The highest BCUT2D eigenvalue weighted by Gasteiger charge is 2.18. The molecule has 0 heterocycles. The predicted molar refractivity (Wildman–Crippen MR) is 82.4 cm³/mol. The standard InChI is InChI=1S/C17H18O5/c1-4-15(18)21-13-10-14(20-3)17(22-16(19)5-2)12-9-7-6-8-11(12)13/h6-10H,4-5H2,1-3H3. The van der Waals surface area contributed by atoms with E-state index >= 15 is 0 Å². The number of hydrogen-bond acceptors (Lipinski definition) is 5. The zero-order valence-corrected chi connectivity index (χ0v) is 12.8. The molecule has 5 heteroatoms. The summed E-state index contributed by atoms with van der Waals surface area (Å²) in [5.74, 6) is 0.364. The van der Waals surface area contributed by atoms with Gasteiger partial charge < -0.3 is 14.2 Å². The molecule has 0 radical (unpaired) electrons. The number of ether oxygens (including phenoxy) is 3. The van der Waals surface area contributed by atoms with Gasteiger partial charge in [-0.3, -0.25) is 9.59 Å². The van der Waals surface area contributed by atoms with Crippen LogP contribution in [-0.2, 0) is 9.59 Å². The van der Waals surface area contributed by atoms with Crippen LogP contribution < -0.4 is 14.2 Å². The molecule has 2 aromatic rings. The fourth-order valence-electron chi connectivity index (χ4n) is 2.01. The predicted octanol–water partition coefficient (Wildman–Crippen LogP) is 3.48. The molecule has 0 aliphatic rings. The van der Waals surface area contributed by atoms with E-state index in [1.807, 2.05) is 12.1 Å². The number of fused-ring (bicyclic) bond motifs is 1. The largest absolute Gasteiger partial charge is 0.493 e. The maximum absolute atomic E-state index is 11.6. The van der Waals surface area contributed by atoms with E-state index in [1.165, 1.54) is 7.11 Å². The second kappa shape index (κ2) is 6.93. The fourth-order valence-corrected chi connectivity index (χ4v) is 2.01. The van der Waals surface area contributed by atoms with Crippen molar-refractivity contribution in [2.45, 2.75) is 26.7 Å². The van der Waals surface area contributed by atoms with E-state index in [4.69, 9.17) is 14.2 Å². The monoisotopic (exact) mass is 302 g/mol. The van der Waals surface area contributed by atoms with Crippen molar-refractivity contribution in [3.8, 4) is 17.2 Å². The normalized spacial score (nSPS) is 10.3. The second-order valence-corrected chi connectivity index (χ2v) is 4.61. The number of carbonyl (C=O) groups is 2. The summed E-state index contributed by atoms with van der Waals surface area (Å²) in [6, 6.07) is 8.80. The van der Waals surface area contributed by atoms with Crippen LogP contribution in [0.3, 0.4) is 0 Å². The molecule has 0 atom stereocenters. The number of benzene rings is 2. The van der Waals surface area contributed by atoms with Crippen LogP contribution in [0, 0.1) is 0 Å². The molecule has 0 saturated carbocycles. The van der Waals surface area contributed by atoms with Crippen molar-refractivity contribution in [3.63, 3.8) is 0 Å². The Kier molecular flexibility index (Phi) is 4.99. The highest BCUT2D eigenvalue weighted by Crippen LogP contribution is 2.41. The van der Waals surface area contributed by atoms with Gasteiger partial charge in [-0.15, -0.1) is 0 Å². The molecule has 0 saturated heterocycles. The SMILES string of the molecule is CCC(=O)Oc1cc(OC)c(OC(=O)CC)c2ccccc12. The van der Waals surface area contributed by atoms with Gasteiger partial charge >= 0.3 is 11.9 Å². The van der Waals surface area contributed by atoms with Crippen LogP contribution in [0.5, 0.6) is 17.2 Å². The van der Waals surface area contributed by atoms with Crippen molar-refractivity contribution in [2.75, 3.05) is 7.11 Å². The highest BCUT2D eigenvalue weighted by molar-refractivity contribution is 5.98. The second-order valence-electron chi connectivity index (χ2n) is 4.61. The summed E-state index contributed by atoms with van der Waals surface area (Å²) in [6.07, 6.45) is 0.521. The first-order valence-corrected chi connectivity index (χ1v) is 7.11. The number of esters is 2. The summed E-state index contributed by atoms with van der Waals surface area (Å²) < 4.78 is 16.0. The lowest BCUT2D eigenvalue weighted by Crippen LogP contribution is -2.09. The average molecular weight is 302 g/mol.